The Morgan fingerprint density at radius 1 is 1.30 bits per heavy atom. The number of pyridine rings is 1. The largest absolute Gasteiger partial charge is 0.478 e. The van der Waals surface area contributed by atoms with Crippen LogP contribution in [0.4, 0.5) is 4.39 Å². The molecule has 3 rings (SSSR count). The zero-order chi connectivity index (χ0) is 14.3. The van der Waals surface area contributed by atoms with Crippen LogP contribution in [0.25, 0.3) is 10.9 Å². The first-order chi connectivity index (χ1) is 9.56. The van der Waals surface area contributed by atoms with E-state index in [9.17, 15) is 14.3 Å². The fraction of sp³-hybridized carbons (Fsp3) is 0.375. The van der Waals surface area contributed by atoms with E-state index in [1.54, 1.807) is 13.0 Å². The van der Waals surface area contributed by atoms with Crippen molar-refractivity contribution < 1.29 is 14.3 Å². The molecule has 1 aromatic carbocycles. The van der Waals surface area contributed by atoms with Crippen molar-refractivity contribution in [2.75, 3.05) is 0 Å². The Kier molecular flexibility index (Phi) is 3.16. The van der Waals surface area contributed by atoms with E-state index < -0.39 is 11.8 Å². The van der Waals surface area contributed by atoms with E-state index in [-0.39, 0.29) is 5.56 Å². The van der Waals surface area contributed by atoms with Crippen LogP contribution in [0.5, 0.6) is 0 Å². The predicted octanol–water partition coefficient (Wildman–Crippen LogP) is 4.04. The summed E-state index contributed by atoms with van der Waals surface area (Å²) in [6.07, 6.45) is 4.43. The molecule has 104 valence electrons. The summed E-state index contributed by atoms with van der Waals surface area (Å²) in [5.74, 6) is -1.11. The SMILES string of the molecule is Cc1cc(F)cc2c(C(=O)O)cc(C3CCCC3)nc12. The number of aromatic carboxylic acids is 1. The number of hydrogen-bond donors (Lipinski definition) is 1. The average Bonchev–Trinajstić information content (AvgIpc) is 2.91. The lowest BCUT2D eigenvalue weighted by molar-refractivity contribution is 0.0699. The second-order valence-corrected chi connectivity index (χ2v) is 5.50. The Morgan fingerprint density at radius 3 is 2.65 bits per heavy atom. The quantitative estimate of drug-likeness (QED) is 0.898. The van der Waals surface area contributed by atoms with Crippen LogP contribution in [0.2, 0.25) is 0 Å². The smallest absolute Gasteiger partial charge is 0.336 e. The third-order valence-corrected chi connectivity index (χ3v) is 4.09. The first-order valence-electron chi connectivity index (χ1n) is 6.90. The number of aryl methyl sites for hydroxylation is 1. The molecule has 0 spiro atoms. The van der Waals surface area contributed by atoms with Gasteiger partial charge in [-0.05, 0) is 43.5 Å². The van der Waals surface area contributed by atoms with Gasteiger partial charge in [-0.2, -0.15) is 0 Å². The maximum Gasteiger partial charge on any atom is 0.336 e. The van der Waals surface area contributed by atoms with Crippen molar-refractivity contribution in [1.29, 1.82) is 0 Å². The number of fused-ring (bicyclic) bond motifs is 1. The summed E-state index contributed by atoms with van der Waals surface area (Å²) in [4.78, 5) is 16.1. The highest BCUT2D eigenvalue weighted by Gasteiger charge is 2.22. The number of rotatable bonds is 2. The molecular weight excluding hydrogens is 257 g/mol. The van der Waals surface area contributed by atoms with Gasteiger partial charge in [-0.1, -0.05) is 12.8 Å². The van der Waals surface area contributed by atoms with Crippen LogP contribution in [-0.4, -0.2) is 16.1 Å². The average molecular weight is 273 g/mol. The molecule has 1 aromatic heterocycles. The summed E-state index contributed by atoms with van der Waals surface area (Å²) in [5, 5.41) is 9.77. The van der Waals surface area contributed by atoms with E-state index in [2.05, 4.69) is 4.98 Å². The Labute approximate surface area is 116 Å². The molecule has 2 aromatic rings. The lowest BCUT2D eigenvalue weighted by Gasteiger charge is -2.13. The summed E-state index contributed by atoms with van der Waals surface area (Å²) in [6, 6.07) is 4.29. The first kappa shape index (κ1) is 13.0. The van der Waals surface area contributed by atoms with Gasteiger partial charge in [0.25, 0.3) is 0 Å². The summed E-state index contributed by atoms with van der Waals surface area (Å²) in [6.45, 7) is 1.77. The standard InChI is InChI=1S/C16H16FNO2/c1-9-6-11(17)7-12-13(16(19)20)8-14(18-15(9)12)10-4-2-3-5-10/h6-8,10H,2-5H2,1H3,(H,19,20). The van der Waals surface area contributed by atoms with Gasteiger partial charge in [0.15, 0.2) is 0 Å². The fourth-order valence-electron chi connectivity index (χ4n) is 3.08. The van der Waals surface area contributed by atoms with Gasteiger partial charge in [0.05, 0.1) is 11.1 Å². The van der Waals surface area contributed by atoms with Gasteiger partial charge in [0.1, 0.15) is 5.82 Å². The fourth-order valence-corrected chi connectivity index (χ4v) is 3.08. The van der Waals surface area contributed by atoms with Crippen LogP contribution in [0, 0.1) is 12.7 Å². The third kappa shape index (κ3) is 2.15. The van der Waals surface area contributed by atoms with Crippen molar-refractivity contribution in [3.05, 3.63) is 40.8 Å². The van der Waals surface area contributed by atoms with Gasteiger partial charge in [0, 0.05) is 17.0 Å². The van der Waals surface area contributed by atoms with Crippen LogP contribution in [0.15, 0.2) is 18.2 Å². The van der Waals surface area contributed by atoms with E-state index in [1.807, 2.05) is 0 Å². The van der Waals surface area contributed by atoms with Gasteiger partial charge in [-0.3, -0.25) is 4.98 Å². The van der Waals surface area contributed by atoms with Crippen molar-refractivity contribution in [2.45, 2.75) is 38.5 Å². The monoisotopic (exact) mass is 273 g/mol. The number of carbonyl (C=O) groups is 1. The van der Waals surface area contributed by atoms with Gasteiger partial charge in [-0.25, -0.2) is 9.18 Å². The molecule has 0 amide bonds. The Balaban J connectivity index is 2.27. The number of carboxylic acid groups (broad SMARTS) is 1. The van der Waals surface area contributed by atoms with Crippen LogP contribution in [0.1, 0.15) is 53.2 Å². The summed E-state index contributed by atoms with van der Waals surface area (Å²) >= 11 is 0. The molecule has 0 bridgehead atoms. The zero-order valence-electron chi connectivity index (χ0n) is 11.3. The summed E-state index contributed by atoms with van der Waals surface area (Å²) in [7, 11) is 0. The second-order valence-electron chi connectivity index (χ2n) is 5.50. The Bertz CT molecular complexity index is 690. The van der Waals surface area contributed by atoms with Crippen LogP contribution in [0.3, 0.4) is 0 Å². The highest BCUT2D eigenvalue weighted by Crippen LogP contribution is 2.35. The minimum Gasteiger partial charge on any atom is -0.478 e. The maximum atomic E-state index is 13.5. The van der Waals surface area contributed by atoms with Crippen molar-refractivity contribution in [3.8, 4) is 0 Å². The molecule has 20 heavy (non-hydrogen) atoms. The van der Waals surface area contributed by atoms with E-state index in [0.29, 0.717) is 22.4 Å². The van der Waals surface area contributed by atoms with Crippen molar-refractivity contribution >= 4 is 16.9 Å². The second kappa shape index (κ2) is 4.85. The molecule has 0 unspecified atom stereocenters. The van der Waals surface area contributed by atoms with Crippen molar-refractivity contribution in [1.82, 2.24) is 4.98 Å². The van der Waals surface area contributed by atoms with E-state index >= 15 is 0 Å². The molecule has 0 radical (unpaired) electrons. The predicted molar refractivity (Wildman–Crippen MR) is 74.6 cm³/mol. The van der Waals surface area contributed by atoms with Gasteiger partial charge in [0.2, 0.25) is 0 Å². The third-order valence-electron chi connectivity index (χ3n) is 4.09. The Hall–Kier alpha value is -1.97. The van der Waals surface area contributed by atoms with Crippen molar-refractivity contribution in [3.63, 3.8) is 0 Å². The van der Waals surface area contributed by atoms with E-state index in [1.165, 1.54) is 12.1 Å². The Morgan fingerprint density at radius 2 is 2.00 bits per heavy atom. The number of aromatic nitrogens is 1. The number of hydrogen-bond acceptors (Lipinski definition) is 2. The molecule has 1 fully saturated rings. The lowest BCUT2D eigenvalue weighted by atomic mass is 9.98. The highest BCUT2D eigenvalue weighted by molar-refractivity contribution is 6.03. The molecule has 0 saturated heterocycles. The number of carboxylic acids is 1. The molecular formula is C16H16FNO2. The first-order valence-corrected chi connectivity index (χ1v) is 6.90. The molecule has 1 saturated carbocycles. The summed E-state index contributed by atoms with van der Waals surface area (Å²) in [5.41, 5.74) is 2.28. The topological polar surface area (TPSA) is 50.2 Å². The van der Waals surface area contributed by atoms with E-state index in [0.717, 1.165) is 31.4 Å². The van der Waals surface area contributed by atoms with Gasteiger partial charge >= 0.3 is 5.97 Å². The molecule has 1 heterocycles. The lowest BCUT2D eigenvalue weighted by Crippen LogP contribution is -2.05. The zero-order valence-corrected chi connectivity index (χ0v) is 11.3. The van der Waals surface area contributed by atoms with E-state index in [4.69, 9.17) is 0 Å². The maximum absolute atomic E-state index is 13.5. The number of halogens is 1. The van der Waals surface area contributed by atoms with Crippen LogP contribution < -0.4 is 0 Å². The van der Waals surface area contributed by atoms with Crippen LogP contribution in [-0.2, 0) is 0 Å². The number of nitrogens with zero attached hydrogens (tertiary/aromatic N) is 1. The van der Waals surface area contributed by atoms with Crippen molar-refractivity contribution in [2.24, 2.45) is 0 Å². The minimum absolute atomic E-state index is 0.152. The molecule has 1 aliphatic rings. The van der Waals surface area contributed by atoms with Gasteiger partial charge < -0.3 is 5.11 Å². The highest BCUT2D eigenvalue weighted by atomic mass is 19.1. The molecule has 1 aliphatic carbocycles. The molecule has 0 aliphatic heterocycles. The molecule has 1 N–H and O–H groups in total. The number of benzene rings is 1. The molecule has 4 heteroatoms. The molecule has 3 nitrogen and oxygen atoms in total. The summed E-state index contributed by atoms with van der Waals surface area (Å²) < 4.78 is 13.5. The van der Waals surface area contributed by atoms with Crippen LogP contribution >= 0.6 is 0 Å². The van der Waals surface area contributed by atoms with Gasteiger partial charge in [-0.15, -0.1) is 0 Å². The normalized spacial score (nSPS) is 15.9. The minimum atomic E-state index is -1.03. The molecule has 0 atom stereocenters.